The fourth-order valence-corrected chi connectivity index (χ4v) is 3.69. The number of likely N-dealkylation sites (tertiary alicyclic amines) is 1. The fourth-order valence-electron chi connectivity index (χ4n) is 3.69. The van der Waals surface area contributed by atoms with E-state index < -0.39 is 0 Å². The van der Waals surface area contributed by atoms with E-state index >= 15 is 0 Å². The molecule has 0 saturated carbocycles. The second-order valence-electron chi connectivity index (χ2n) is 8.66. The molecule has 1 aliphatic rings. The molecule has 0 spiro atoms. The highest BCUT2D eigenvalue weighted by Gasteiger charge is 2.24. The van der Waals surface area contributed by atoms with Gasteiger partial charge in [0.1, 0.15) is 5.82 Å². The Hall–Kier alpha value is -2.74. The summed E-state index contributed by atoms with van der Waals surface area (Å²) in [6, 6.07) is 4.04. The Morgan fingerprint density at radius 3 is 2.39 bits per heavy atom. The number of hydrogen-bond acceptors (Lipinski definition) is 7. The zero-order valence-electron chi connectivity index (χ0n) is 16.8. The fraction of sp³-hybridized carbons (Fsp3) is 0.500. The van der Waals surface area contributed by atoms with Gasteiger partial charge in [0, 0.05) is 53.7 Å². The lowest BCUT2D eigenvalue weighted by molar-refractivity contribution is 0.203. The van der Waals surface area contributed by atoms with E-state index in [-0.39, 0.29) is 5.41 Å². The monoisotopic (exact) mass is 380 g/mol. The number of fused-ring (bicyclic) bond motifs is 1. The molecule has 4 N–H and O–H groups in total. The molecule has 1 saturated heterocycles. The van der Waals surface area contributed by atoms with Crippen LogP contribution in [0.2, 0.25) is 0 Å². The largest absolute Gasteiger partial charge is 0.384 e. The molecule has 0 aromatic carbocycles. The van der Waals surface area contributed by atoms with Crippen LogP contribution in [0.25, 0.3) is 5.65 Å². The Labute approximate surface area is 165 Å². The van der Waals surface area contributed by atoms with E-state index in [1.54, 1.807) is 16.9 Å². The Balaban J connectivity index is 1.46. The van der Waals surface area contributed by atoms with Crippen LogP contribution in [0.15, 0.2) is 24.5 Å². The molecule has 4 rings (SSSR count). The lowest BCUT2D eigenvalue weighted by atomic mass is 9.92. The normalized spacial score (nSPS) is 16.7. The molecule has 0 bridgehead atoms. The molecular formula is C20H28N8. The smallest absolute Gasteiger partial charge is 0.219 e. The van der Waals surface area contributed by atoms with Crippen LogP contribution < -0.4 is 11.5 Å². The quantitative estimate of drug-likeness (QED) is 0.717. The van der Waals surface area contributed by atoms with E-state index in [9.17, 15) is 0 Å². The molecule has 1 fully saturated rings. The van der Waals surface area contributed by atoms with E-state index in [4.69, 9.17) is 16.5 Å². The van der Waals surface area contributed by atoms with Crippen LogP contribution >= 0.6 is 0 Å². The summed E-state index contributed by atoms with van der Waals surface area (Å²) in [5, 5.41) is 4.64. The van der Waals surface area contributed by atoms with Gasteiger partial charge >= 0.3 is 0 Å². The minimum Gasteiger partial charge on any atom is -0.384 e. The molecule has 8 heteroatoms. The lowest BCUT2D eigenvalue weighted by Gasteiger charge is -2.31. The third kappa shape index (κ3) is 3.77. The molecule has 4 heterocycles. The van der Waals surface area contributed by atoms with Crippen molar-refractivity contribution >= 4 is 17.4 Å². The van der Waals surface area contributed by atoms with Crippen molar-refractivity contribution in [1.82, 2.24) is 29.5 Å². The van der Waals surface area contributed by atoms with Crippen molar-refractivity contribution in [3.63, 3.8) is 0 Å². The third-order valence-electron chi connectivity index (χ3n) is 5.38. The Morgan fingerprint density at radius 2 is 1.75 bits per heavy atom. The Morgan fingerprint density at radius 1 is 1.07 bits per heavy atom. The van der Waals surface area contributed by atoms with Crippen LogP contribution in [0.3, 0.4) is 0 Å². The molecule has 3 aromatic rings. The minimum atomic E-state index is -0.0303. The number of nitrogens with zero attached hydrogens (tertiary/aromatic N) is 6. The lowest BCUT2D eigenvalue weighted by Crippen LogP contribution is -2.32. The van der Waals surface area contributed by atoms with E-state index in [2.05, 4.69) is 46.8 Å². The van der Waals surface area contributed by atoms with Gasteiger partial charge in [-0.15, -0.1) is 0 Å². The number of piperidine rings is 1. The molecule has 1 aliphatic heterocycles. The van der Waals surface area contributed by atoms with Crippen molar-refractivity contribution in [3.05, 3.63) is 41.5 Å². The van der Waals surface area contributed by atoms with Gasteiger partial charge < -0.3 is 11.5 Å². The number of nitrogen functional groups attached to an aromatic ring is 2. The molecule has 148 valence electrons. The summed E-state index contributed by atoms with van der Waals surface area (Å²) in [4.78, 5) is 15.4. The van der Waals surface area contributed by atoms with Crippen molar-refractivity contribution in [3.8, 4) is 0 Å². The summed E-state index contributed by atoms with van der Waals surface area (Å²) in [7, 11) is 0. The average molecular weight is 381 g/mol. The van der Waals surface area contributed by atoms with Crippen LogP contribution in [0, 0.1) is 0 Å². The van der Waals surface area contributed by atoms with Gasteiger partial charge in [0.2, 0.25) is 5.95 Å². The van der Waals surface area contributed by atoms with Gasteiger partial charge in [0.15, 0.2) is 5.65 Å². The summed E-state index contributed by atoms with van der Waals surface area (Å²) < 4.78 is 1.75. The maximum atomic E-state index is 6.29. The molecule has 8 nitrogen and oxygen atoms in total. The standard InChI is InChI=1S/C20H28N8/c1-20(2,3)16-9-18-25-15(8-17(21)28(18)26-16)14-4-6-27(7-5-14)12-13-10-23-19(22)24-11-13/h8-11,14H,4-7,12,21H2,1-3H3,(H2,22,23,24). The predicted molar refractivity (Wildman–Crippen MR) is 110 cm³/mol. The molecule has 0 amide bonds. The second-order valence-corrected chi connectivity index (χ2v) is 8.66. The third-order valence-corrected chi connectivity index (χ3v) is 5.38. The van der Waals surface area contributed by atoms with Gasteiger partial charge in [-0.25, -0.2) is 15.0 Å². The highest BCUT2D eigenvalue weighted by Crippen LogP contribution is 2.30. The van der Waals surface area contributed by atoms with Gasteiger partial charge in [-0.05, 0) is 25.9 Å². The molecule has 28 heavy (non-hydrogen) atoms. The first-order chi connectivity index (χ1) is 13.3. The molecule has 3 aromatic heterocycles. The zero-order chi connectivity index (χ0) is 19.9. The predicted octanol–water partition coefficient (Wildman–Crippen LogP) is 2.36. The average Bonchev–Trinajstić information content (AvgIpc) is 3.10. The van der Waals surface area contributed by atoms with Gasteiger partial charge in [0.05, 0.1) is 5.69 Å². The minimum absolute atomic E-state index is 0.0303. The number of rotatable bonds is 3. The zero-order valence-corrected chi connectivity index (χ0v) is 16.8. The SMILES string of the molecule is CC(C)(C)c1cc2nc(C3CCN(Cc4cnc(N)nc4)CC3)cc(N)n2n1. The second kappa shape index (κ2) is 7.01. The number of anilines is 2. The number of hydrogen-bond donors (Lipinski definition) is 2. The molecule has 0 radical (unpaired) electrons. The topological polar surface area (TPSA) is 111 Å². The Kier molecular flexibility index (Phi) is 4.66. The van der Waals surface area contributed by atoms with E-state index in [1.807, 2.05) is 6.07 Å². The Bertz CT molecular complexity index is 962. The van der Waals surface area contributed by atoms with Crippen molar-refractivity contribution in [1.29, 1.82) is 0 Å². The summed E-state index contributed by atoms with van der Waals surface area (Å²) in [6.07, 6.45) is 5.71. The van der Waals surface area contributed by atoms with Crippen molar-refractivity contribution in [2.24, 2.45) is 0 Å². The van der Waals surface area contributed by atoms with Gasteiger partial charge in [0.25, 0.3) is 0 Å². The first kappa shape index (κ1) is 18.6. The molecule has 0 atom stereocenters. The first-order valence-corrected chi connectivity index (χ1v) is 9.75. The number of nitrogens with two attached hydrogens (primary N) is 2. The first-order valence-electron chi connectivity index (χ1n) is 9.75. The van der Waals surface area contributed by atoms with E-state index in [0.29, 0.717) is 17.7 Å². The van der Waals surface area contributed by atoms with Crippen LogP contribution in [-0.2, 0) is 12.0 Å². The van der Waals surface area contributed by atoms with Crippen LogP contribution in [0.1, 0.15) is 56.5 Å². The van der Waals surface area contributed by atoms with Crippen LogP contribution in [0.4, 0.5) is 11.8 Å². The van der Waals surface area contributed by atoms with Gasteiger partial charge in [-0.3, -0.25) is 4.90 Å². The molecular weight excluding hydrogens is 352 g/mol. The summed E-state index contributed by atoms with van der Waals surface area (Å²) >= 11 is 0. The van der Waals surface area contributed by atoms with E-state index in [1.165, 1.54) is 0 Å². The van der Waals surface area contributed by atoms with Crippen molar-refractivity contribution < 1.29 is 0 Å². The summed E-state index contributed by atoms with van der Waals surface area (Å²) in [5.41, 5.74) is 15.8. The number of aromatic nitrogens is 5. The summed E-state index contributed by atoms with van der Waals surface area (Å²) in [6.45, 7) is 9.30. The highest BCUT2D eigenvalue weighted by molar-refractivity contribution is 5.49. The maximum Gasteiger partial charge on any atom is 0.219 e. The van der Waals surface area contributed by atoms with Crippen LogP contribution in [-0.4, -0.2) is 42.6 Å². The summed E-state index contributed by atoms with van der Waals surface area (Å²) in [5.74, 6) is 1.38. The maximum absolute atomic E-state index is 6.29. The highest BCUT2D eigenvalue weighted by atomic mass is 15.3. The molecule has 0 aliphatic carbocycles. The van der Waals surface area contributed by atoms with Gasteiger partial charge in [-0.1, -0.05) is 20.8 Å². The van der Waals surface area contributed by atoms with Crippen molar-refractivity contribution in [2.75, 3.05) is 24.6 Å². The van der Waals surface area contributed by atoms with Crippen LogP contribution in [0.5, 0.6) is 0 Å². The molecule has 0 unspecified atom stereocenters. The van der Waals surface area contributed by atoms with E-state index in [0.717, 1.165) is 55.1 Å². The van der Waals surface area contributed by atoms with Crippen molar-refractivity contribution in [2.45, 2.75) is 51.5 Å². The van der Waals surface area contributed by atoms with Gasteiger partial charge in [-0.2, -0.15) is 9.61 Å².